The van der Waals surface area contributed by atoms with Crippen molar-refractivity contribution in [1.29, 1.82) is 5.26 Å². The van der Waals surface area contributed by atoms with Crippen LogP contribution in [0.3, 0.4) is 0 Å². The number of ether oxygens (including phenoxy) is 1. The van der Waals surface area contributed by atoms with Gasteiger partial charge in [-0.1, -0.05) is 45.3 Å². The molecule has 0 amide bonds. The number of thioether (sulfide) groups is 1. The molecule has 0 unspecified atom stereocenters. The van der Waals surface area contributed by atoms with Crippen molar-refractivity contribution in [3.63, 3.8) is 0 Å². The van der Waals surface area contributed by atoms with E-state index in [1.165, 1.54) is 41.3 Å². The van der Waals surface area contributed by atoms with E-state index < -0.39 is 58.3 Å². The SMILES string of the molecule is CS(=O)(=O)O.Cc1cc(N=Nc2c(SOOO)cc3c(S(=O)(=O)O)c(N=Nc4c(C)c(C#N)c5nc6ccccc6n5c4O)ccc3c2O)c(OCCCS(=O)(=O)O)cc1N=Nc1nnc(SCCSOOO)s1. The minimum atomic E-state index is -5.23. The average molecular weight is 1160 g/mol. The fourth-order valence-corrected chi connectivity index (χ4v) is 10.3. The third kappa shape index (κ3) is 14.8. The summed E-state index contributed by atoms with van der Waals surface area (Å²) in [5.41, 5.74) is 0.831. The van der Waals surface area contributed by atoms with Crippen LogP contribution in [0, 0.1) is 25.2 Å². The Morgan fingerprint density at radius 1 is 0.811 bits per heavy atom. The Hall–Kier alpha value is -6.12. The number of pyridine rings is 1. The fraction of sp³-hybridized carbons (Fsp3) is 0.211. The van der Waals surface area contributed by atoms with E-state index in [9.17, 15) is 49.8 Å². The number of hydrogen-bond donors (Lipinski definition) is 7. The smallest absolute Gasteiger partial charge is 0.297 e. The van der Waals surface area contributed by atoms with Crippen molar-refractivity contribution in [2.24, 2.45) is 30.7 Å². The molecule has 0 aliphatic carbocycles. The van der Waals surface area contributed by atoms with Gasteiger partial charge in [-0.2, -0.15) is 30.5 Å². The summed E-state index contributed by atoms with van der Waals surface area (Å²) < 4.78 is 111. The van der Waals surface area contributed by atoms with E-state index in [1.54, 1.807) is 31.2 Å². The predicted octanol–water partition coefficient (Wildman–Crippen LogP) is 9.64. The van der Waals surface area contributed by atoms with Crippen molar-refractivity contribution >= 4 is 139 Å². The molecule has 0 fully saturated rings. The van der Waals surface area contributed by atoms with E-state index in [0.717, 1.165) is 35.5 Å². The highest BCUT2D eigenvalue weighted by Crippen LogP contribution is 2.48. The van der Waals surface area contributed by atoms with Crippen LogP contribution < -0.4 is 4.74 Å². The Bertz CT molecular complexity index is 3710. The first-order chi connectivity index (χ1) is 35.0. The lowest BCUT2D eigenvalue weighted by Crippen LogP contribution is -2.08. The molecule has 74 heavy (non-hydrogen) atoms. The molecule has 3 aromatic heterocycles. The molecule has 3 heterocycles. The van der Waals surface area contributed by atoms with Crippen LogP contribution in [0.5, 0.6) is 17.4 Å². The molecule has 4 aromatic carbocycles. The molecule has 0 aliphatic rings. The van der Waals surface area contributed by atoms with Crippen LogP contribution >= 0.6 is 47.2 Å². The first-order valence-electron chi connectivity index (χ1n) is 20.0. The zero-order valence-electron chi connectivity index (χ0n) is 37.6. The maximum Gasteiger partial charge on any atom is 0.297 e. The quantitative estimate of drug-likeness (QED) is 0.00669. The molecule has 0 saturated heterocycles. The second-order valence-corrected chi connectivity index (χ2v) is 22.6. The standard InChI is InChI=1S/C37H31N11O15S6.CH4O3S/c1-18-14-26(28(59-10-5-13-68(53,54)55)16-25(18)41-45-36-46-47-37(66-36)64-11-12-65-62-60-51)42-44-31-29(67-63-61-52)15-21-20(32(31)49)8-9-24(33(21)69(56,57)58)40-43-30-19(2)22(17-38)34-39-23-6-3-4-7-27(23)48(34)35(30)50;1-5(2,3)4/h3-4,6-9,14-16,49-52H,5,10-13H2,1-2H3,(H,53,54,55)(H,56,57,58);1H3,(H,2,3,4). The number of nitriles is 1. The van der Waals surface area contributed by atoms with Gasteiger partial charge < -0.3 is 14.9 Å². The van der Waals surface area contributed by atoms with Crippen LogP contribution in [0.2, 0.25) is 0 Å². The first-order valence-corrected chi connectivity index (χ1v) is 28.3. The van der Waals surface area contributed by atoms with Gasteiger partial charge in [-0.25, -0.2) is 15.5 Å². The minimum absolute atomic E-state index is 0.00880. The highest BCUT2D eigenvalue weighted by atomic mass is 32.2. The predicted molar refractivity (Wildman–Crippen MR) is 265 cm³/mol. The zero-order chi connectivity index (χ0) is 54.0. The second kappa shape index (κ2) is 24.9. The Morgan fingerprint density at radius 2 is 1.50 bits per heavy atom. The third-order valence-electron chi connectivity index (χ3n) is 9.33. The van der Waals surface area contributed by atoms with Gasteiger partial charge in [0.1, 0.15) is 39.3 Å². The molecule has 29 nitrogen and oxygen atoms in total. The van der Waals surface area contributed by atoms with Crippen LogP contribution in [-0.2, 0) is 49.1 Å². The lowest BCUT2D eigenvalue weighted by atomic mass is 10.1. The number of nitrogens with zero attached hydrogens (tertiary/aromatic N) is 11. The van der Waals surface area contributed by atoms with E-state index in [4.69, 9.17) is 19.8 Å². The number of aromatic nitrogens is 4. The number of fused-ring (bicyclic) bond motifs is 4. The summed E-state index contributed by atoms with van der Waals surface area (Å²) in [5.74, 6) is -0.862. The van der Waals surface area contributed by atoms with Crippen LogP contribution in [-0.4, -0.2) is 109 Å². The molecule has 7 rings (SSSR count). The van der Waals surface area contributed by atoms with Crippen molar-refractivity contribution in [2.75, 3.05) is 30.1 Å². The summed E-state index contributed by atoms with van der Waals surface area (Å²) >= 11 is 3.60. The summed E-state index contributed by atoms with van der Waals surface area (Å²) in [6.07, 6.45) is 0.567. The lowest BCUT2D eigenvalue weighted by Gasteiger charge is -2.13. The van der Waals surface area contributed by atoms with E-state index in [2.05, 4.69) is 64.6 Å². The van der Waals surface area contributed by atoms with Gasteiger partial charge in [-0.05, 0) is 62.2 Å². The number of rotatable bonds is 21. The number of phenolic OH excluding ortho intramolecular Hbond substituents is 1. The number of benzene rings is 4. The van der Waals surface area contributed by atoms with E-state index >= 15 is 0 Å². The van der Waals surface area contributed by atoms with Crippen LogP contribution in [0.4, 0.5) is 33.6 Å². The molecular formula is C38H35N11O18S7. The van der Waals surface area contributed by atoms with Crippen LogP contribution in [0.15, 0.2) is 99.4 Å². The van der Waals surface area contributed by atoms with Gasteiger partial charge in [-0.3, -0.25) is 18.1 Å². The number of phenols is 1. The van der Waals surface area contributed by atoms with E-state index in [-0.39, 0.29) is 91.1 Å². The number of aromatic hydroxyl groups is 2. The number of para-hydroxylation sites is 2. The molecule has 7 aromatic rings. The maximum atomic E-state index is 13.1. The van der Waals surface area contributed by atoms with Gasteiger partial charge in [0.2, 0.25) is 5.88 Å². The highest BCUT2D eigenvalue weighted by Gasteiger charge is 2.26. The van der Waals surface area contributed by atoms with Crippen molar-refractivity contribution in [2.45, 2.75) is 34.4 Å². The van der Waals surface area contributed by atoms with Crippen LogP contribution in [0.25, 0.3) is 27.5 Å². The highest BCUT2D eigenvalue weighted by molar-refractivity contribution is 8.02. The molecule has 36 heteroatoms. The number of hydrogen-bond acceptors (Lipinski definition) is 29. The zero-order valence-corrected chi connectivity index (χ0v) is 43.3. The Kier molecular flexibility index (Phi) is 19.3. The van der Waals surface area contributed by atoms with Crippen molar-refractivity contribution in [3.05, 3.63) is 71.3 Å². The van der Waals surface area contributed by atoms with Crippen molar-refractivity contribution < 1.29 is 83.1 Å². The third-order valence-corrected chi connectivity index (χ3v) is 14.4. The van der Waals surface area contributed by atoms with E-state index in [0.29, 0.717) is 38.7 Å². The average Bonchev–Trinajstić information content (AvgIpc) is 3.95. The van der Waals surface area contributed by atoms with Gasteiger partial charge in [0, 0.05) is 46.0 Å². The van der Waals surface area contributed by atoms with Crippen molar-refractivity contribution in [3.8, 4) is 23.4 Å². The maximum absolute atomic E-state index is 13.1. The topological polar surface area (TPSA) is 431 Å². The van der Waals surface area contributed by atoms with Crippen molar-refractivity contribution in [1.82, 2.24) is 19.6 Å². The van der Waals surface area contributed by atoms with Gasteiger partial charge in [0.15, 0.2) is 21.4 Å². The summed E-state index contributed by atoms with van der Waals surface area (Å²) in [6, 6.07) is 15.1. The molecule has 0 bridgehead atoms. The van der Waals surface area contributed by atoms with Gasteiger partial charge in [0.25, 0.3) is 35.5 Å². The fourth-order valence-electron chi connectivity index (χ4n) is 6.38. The summed E-state index contributed by atoms with van der Waals surface area (Å²) in [6.45, 7) is 2.87. The normalized spacial score (nSPS) is 12.4. The van der Waals surface area contributed by atoms with Gasteiger partial charge in [-0.15, -0.1) is 49.6 Å². The molecule has 7 N–H and O–H groups in total. The Balaban J connectivity index is 0.00000170. The molecule has 0 atom stereocenters. The van der Waals surface area contributed by atoms with Gasteiger partial charge in [0.05, 0.1) is 52.3 Å². The minimum Gasteiger partial charge on any atom is -0.505 e. The Morgan fingerprint density at radius 3 is 2.19 bits per heavy atom. The first kappa shape index (κ1) is 57.2. The summed E-state index contributed by atoms with van der Waals surface area (Å²) in [5, 5.41) is 90.4. The number of azo groups is 3. The molecule has 0 radical (unpaired) electrons. The van der Waals surface area contributed by atoms with E-state index in [1.807, 2.05) is 6.07 Å². The lowest BCUT2D eigenvalue weighted by molar-refractivity contribution is -0.432. The summed E-state index contributed by atoms with van der Waals surface area (Å²) in [7, 11) is -13.2. The molecule has 392 valence electrons. The monoisotopic (exact) mass is 1160 g/mol. The molecule has 0 aliphatic heterocycles. The second-order valence-electron chi connectivity index (χ2n) is 14.4. The molecular weight excluding hydrogens is 1120 g/mol. The summed E-state index contributed by atoms with van der Waals surface area (Å²) in [4.78, 5) is 3.33. The molecule has 0 saturated carbocycles. The number of aryl methyl sites for hydroxylation is 1. The molecule has 0 spiro atoms. The Labute approximate surface area is 434 Å². The largest absolute Gasteiger partial charge is 0.505 e. The van der Waals surface area contributed by atoms with Crippen LogP contribution in [0.1, 0.15) is 23.1 Å². The van der Waals surface area contributed by atoms with Gasteiger partial charge >= 0.3 is 0 Å². The number of imidazole rings is 1.